The van der Waals surface area contributed by atoms with Crippen molar-refractivity contribution in [1.82, 2.24) is 4.90 Å². The zero-order valence-electron chi connectivity index (χ0n) is 14.0. The van der Waals surface area contributed by atoms with Crippen LogP contribution in [0.3, 0.4) is 0 Å². The zero-order valence-corrected chi connectivity index (χ0v) is 14.0. The lowest BCUT2D eigenvalue weighted by atomic mass is 9.87. The van der Waals surface area contributed by atoms with Crippen molar-refractivity contribution in [1.29, 1.82) is 0 Å². The molecule has 5 nitrogen and oxygen atoms in total. The van der Waals surface area contributed by atoms with Gasteiger partial charge < -0.3 is 19.5 Å². The smallest absolute Gasteiger partial charge is 0.410 e. The predicted octanol–water partition coefficient (Wildman–Crippen LogP) is 2.92. The van der Waals surface area contributed by atoms with Crippen molar-refractivity contribution in [3.63, 3.8) is 0 Å². The second-order valence-electron chi connectivity index (χ2n) is 6.78. The maximum absolute atomic E-state index is 13.8. The van der Waals surface area contributed by atoms with Crippen LogP contribution < -0.4 is 4.74 Å². The summed E-state index contributed by atoms with van der Waals surface area (Å²) in [6, 6.07) is 4.69. The van der Waals surface area contributed by atoms with E-state index in [1.165, 1.54) is 18.1 Å². The summed E-state index contributed by atoms with van der Waals surface area (Å²) < 4.78 is 24.0. The quantitative estimate of drug-likeness (QED) is 0.908. The van der Waals surface area contributed by atoms with Gasteiger partial charge in [0.15, 0.2) is 11.6 Å². The number of carbonyl (C=O) groups is 1. The number of β-amino-alcohol motifs (C(OH)–C–C–N with tert-alkyl or cyclic N) is 1. The average Bonchev–Trinajstić information content (AvgIpc) is 2.45. The molecule has 1 aliphatic heterocycles. The molecule has 1 aromatic carbocycles. The van der Waals surface area contributed by atoms with Gasteiger partial charge in [0.1, 0.15) is 5.60 Å². The van der Waals surface area contributed by atoms with Gasteiger partial charge in [-0.15, -0.1) is 0 Å². The third kappa shape index (κ3) is 4.34. The first-order valence-electron chi connectivity index (χ1n) is 7.70. The molecular weight excluding hydrogens is 301 g/mol. The Labute approximate surface area is 136 Å². The molecule has 1 saturated heterocycles. The van der Waals surface area contributed by atoms with Crippen LogP contribution in [0.5, 0.6) is 5.75 Å². The number of hydrogen-bond acceptors (Lipinski definition) is 4. The van der Waals surface area contributed by atoms with Crippen molar-refractivity contribution in [3.05, 3.63) is 29.6 Å². The summed E-state index contributed by atoms with van der Waals surface area (Å²) >= 11 is 0. The molecule has 2 atom stereocenters. The maximum atomic E-state index is 13.8. The number of carbonyl (C=O) groups excluding carboxylic acids is 1. The normalized spacial score (nSPS) is 21.9. The number of ether oxygens (including phenoxy) is 2. The number of amides is 1. The molecule has 2 unspecified atom stereocenters. The SMILES string of the molecule is COc1ccc(C2CCN(C(=O)OC(C)(C)C)CC2O)cc1F. The summed E-state index contributed by atoms with van der Waals surface area (Å²) in [4.78, 5) is 13.5. The van der Waals surface area contributed by atoms with Crippen molar-refractivity contribution < 1.29 is 23.8 Å². The lowest BCUT2D eigenvalue weighted by Gasteiger charge is -2.37. The highest BCUT2D eigenvalue weighted by Crippen LogP contribution is 2.31. The van der Waals surface area contributed by atoms with Gasteiger partial charge >= 0.3 is 6.09 Å². The molecule has 23 heavy (non-hydrogen) atoms. The van der Waals surface area contributed by atoms with E-state index in [4.69, 9.17) is 9.47 Å². The van der Waals surface area contributed by atoms with Crippen molar-refractivity contribution >= 4 is 6.09 Å². The molecule has 1 N–H and O–H groups in total. The fraction of sp³-hybridized carbons (Fsp3) is 0.588. The van der Waals surface area contributed by atoms with Crippen molar-refractivity contribution in [2.45, 2.75) is 44.8 Å². The Hall–Kier alpha value is -1.82. The fourth-order valence-electron chi connectivity index (χ4n) is 2.73. The Morgan fingerprint density at radius 1 is 1.39 bits per heavy atom. The molecule has 0 bridgehead atoms. The second-order valence-corrected chi connectivity index (χ2v) is 6.78. The van der Waals surface area contributed by atoms with E-state index in [-0.39, 0.29) is 18.2 Å². The summed E-state index contributed by atoms with van der Waals surface area (Å²) in [5.41, 5.74) is 0.137. The third-order valence-electron chi connectivity index (χ3n) is 3.84. The molecule has 0 saturated carbocycles. The minimum absolute atomic E-state index is 0.174. The van der Waals surface area contributed by atoms with E-state index in [1.807, 2.05) is 0 Å². The highest BCUT2D eigenvalue weighted by atomic mass is 19.1. The van der Waals surface area contributed by atoms with Gasteiger partial charge in [-0.3, -0.25) is 0 Å². The standard InChI is InChI=1S/C17H24FNO4/c1-17(2,3)23-16(21)19-8-7-12(14(20)10-19)11-5-6-15(22-4)13(18)9-11/h5-6,9,12,14,20H,7-8,10H2,1-4H3. The molecule has 1 aliphatic rings. The number of rotatable bonds is 2. The average molecular weight is 325 g/mol. The molecule has 2 rings (SSSR count). The molecule has 0 aromatic heterocycles. The highest BCUT2D eigenvalue weighted by Gasteiger charge is 2.33. The van der Waals surface area contributed by atoms with E-state index in [2.05, 4.69) is 0 Å². The van der Waals surface area contributed by atoms with Gasteiger partial charge in [0.2, 0.25) is 0 Å². The number of benzene rings is 1. The van der Waals surface area contributed by atoms with Gasteiger partial charge in [-0.2, -0.15) is 0 Å². The van der Waals surface area contributed by atoms with Crippen LogP contribution >= 0.6 is 0 Å². The van der Waals surface area contributed by atoms with Crippen LogP contribution in [0.1, 0.15) is 38.7 Å². The van der Waals surface area contributed by atoms with E-state index in [0.29, 0.717) is 18.5 Å². The number of piperidine rings is 1. The highest BCUT2D eigenvalue weighted by molar-refractivity contribution is 5.68. The molecule has 0 radical (unpaired) electrons. The summed E-state index contributed by atoms with van der Waals surface area (Å²) in [5.74, 6) is -0.490. The van der Waals surface area contributed by atoms with Gasteiger partial charge in [-0.25, -0.2) is 9.18 Å². The van der Waals surface area contributed by atoms with Crippen LogP contribution in [0.4, 0.5) is 9.18 Å². The Morgan fingerprint density at radius 3 is 2.61 bits per heavy atom. The third-order valence-corrected chi connectivity index (χ3v) is 3.84. The van der Waals surface area contributed by atoms with Crippen molar-refractivity contribution in [3.8, 4) is 5.75 Å². The first-order valence-corrected chi connectivity index (χ1v) is 7.70. The molecule has 1 fully saturated rings. The van der Waals surface area contributed by atoms with Crippen molar-refractivity contribution in [2.75, 3.05) is 20.2 Å². The van der Waals surface area contributed by atoms with E-state index in [0.717, 1.165) is 0 Å². The lowest BCUT2D eigenvalue weighted by Crippen LogP contribution is -2.47. The van der Waals surface area contributed by atoms with Crippen LogP contribution in [-0.4, -0.2) is 48.0 Å². The van der Waals surface area contributed by atoms with E-state index in [9.17, 15) is 14.3 Å². The summed E-state index contributed by atoms with van der Waals surface area (Å²) in [5, 5.41) is 10.4. The van der Waals surface area contributed by atoms with Crippen LogP contribution in [0.25, 0.3) is 0 Å². The molecule has 6 heteroatoms. The Bertz CT molecular complexity index is 570. The Kier molecular flexibility index (Phi) is 5.14. The first kappa shape index (κ1) is 17.5. The molecular formula is C17H24FNO4. The van der Waals surface area contributed by atoms with Gasteiger partial charge in [0, 0.05) is 12.5 Å². The number of nitrogens with zero attached hydrogens (tertiary/aromatic N) is 1. The first-order chi connectivity index (χ1) is 10.7. The number of aliphatic hydroxyl groups excluding tert-OH is 1. The van der Waals surface area contributed by atoms with Gasteiger partial charge in [0.05, 0.1) is 19.8 Å². The minimum atomic E-state index is -0.760. The number of methoxy groups -OCH3 is 1. The van der Waals surface area contributed by atoms with Gasteiger partial charge in [-0.05, 0) is 44.9 Å². The Morgan fingerprint density at radius 2 is 2.09 bits per heavy atom. The zero-order chi connectivity index (χ0) is 17.2. The lowest BCUT2D eigenvalue weighted by molar-refractivity contribution is -0.00155. The molecule has 128 valence electrons. The summed E-state index contributed by atoms with van der Waals surface area (Å²) in [6.07, 6.45) is -0.647. The molecule has 0 aliphatic carbocycles. The van der Waals surface area contributed by atoms with E-state index >= 15 is 0 Å². The molecule has 0 spiro atoms. The largest absolute Gasteiger partial charge is 0.494 e. The molecule has 1 aromatic rings. The van der Waals surface area contributed by atoms with Crippen LogP contribution in [0.15, 0.2) is 18.2 Å². The Balaban J connectivity index is 2.04. The number of halogens is 1. The van der Waals surface area contributed by atoms with Crippen LogP contribution in [0, 0.1) is 5.82 Å². The van der Waals surface area contributed by atoms with E-state index < -0.39 is 23.6 Å². The van der Waals surface area contributed by atoms with Crippen LogP contribution in [0.2, 0.25) is 0 Å². The number of hydrogen-bond donors (Lipinski definition) is 1. The van der Waals surface area contributed by atoms with Crippen LogP contribution in [-0.2, 0) is 4.74 Å². The summed E-state index contributed by atoms with van der Waals surface area (Å²) in [7, 11) is 1.41. The number of aliphatic hydroxyl groups is 1. The van der Waals surface area contributed by atoms with Gasteiger partial charge in [0.25, 0.3) is 0 Å². The monoisotopic (exact) mass is 325 g/mol. The fourth-order valence-corrected chi connectivity index (χ4v) is 2.73. The molecule has 1 heterocycles. The second kappa shape index (κ2) is 6.74. The van der Waals surface area contributed by atoms with Crippen molar-refractivity contribution in [2.24, 2.45) is 0 Å². The summed E-state index contributed by atoms with van der Waals surface area (Å²) in [6.45, 7) is 6.04. The maximum Gasteiger partial charge on any atom is 0.410 e. The number of likely N-dealkylation sites (tertiary alicyclic amines) is 1. The molecule has 1 amide bonds. The van der Waals surface area contributed by atoms with Gasteiger partial charge in [-0.1, -0.05) is 6.07 Å². The predicted molar refractivity (Wildman–Crippen MR) is 84.1 cm³/mol. The van der Waals surface area contributed by atoms with E-state index in [1.54, 1.807) is 32.9 Å². The topological polar surface area (TPSA) is 59.0 Å². The minimum Gasteiger partial charge on any atom is -0.494 e.